The number of aromatic amines is 1. The Labute approximate surface area is 266 Å². The molecule has 2 atom stereocenters. The molecule has 0 aliphatic carbocycles. The van der Waals surface area contributed by atoms with Crippen LogP contribution < -0.4 is 16.6 Å². The van der Waals surface area contributed by atoms with E-state index < -0.39 is 0 Å². The molecule has 1 aromatic heterocycles. The summed E-state index contributed by atoms with van der Waals surface area (Å²) in [5.41, 5.74) is 8.45. The fourth-order valence-electron chi connectivity index (χ4n) is 2.28. The monoisotopic (exact) mass is 803 g/mol. The van der Waals surface area contributed by atoms with Crippen molar-refractivity contribution in [3.8, 4) is 0 Å². The second-order valence-corrected chi connectivity index (χ2v) is 13.2. The maximum Gasteiger partial charge on any atom is 0.251 e. The molecule has 41 heavy (non-hydrogen) atoms. The van der Waals surface area contributed by atoms with E-state index in [-0.39, 0.29) is 34.9 Å². The van der Waals surface area contributed by atoms with Crippen molar-refractivity contribution in [2.24, 2.45) is 17.6 Å². The Kier molecular flexibility index (Phi) is 38.1. The lowest BCUT2D eigenvalue weighted by atomic mass is 9.91. The quantitative estimate of drug-likeness (QED) is 0.185. The van der Waals surface area contributed by atoms with Crippen molar-refractivity contribution in [3.05, 3.63) is 57.2 Å². The molecule has 4 N–H and O–H groups in total. The lowest BCUT2D eigenvalue weighted by Crippen LogP contribution is -2.35. The third-order valence-corrected chi connectivity index (χ3v) is 4.46. The van der Waals surface area contributed by atoms with Crippen molar-refractivity contribution in [1.82, 2.24) is 10.3 Å². The van der Waals surface area contributed by atoms with Gasteiger partial charge in [0.25, 0.3) is 5.56 Å². The van der Waals surface area contributed by atoms with Crippen LogP contribution in [-0.4, -0.2) is 39.2 Å². The van der Waals surface area contributed by atoms with Gasteiger partial charge in [0.2, 0.25) is 11.8 Å². The highest BCUT2D eigenvalue weighted by atomic mass is 128. The van der Waals surface area contributed by atoms with E-state index in [4.69, 9.17) is 4.79 Å². The number of aromatic nitrogens is 1. The highest BCUT2D eigenvalue weighted by Crippen LogP contribution is 2.18. The van der Waals surface area contributed by atoms with E-state index in [2.05, 4.69) is 52.2 Å². The molecule has 0 fully saturated rings. The number of pyridine rings is 1. The smallest absolute Gasteiger partial charge is 0.251 e. The van der Waals surface area contributed by atoms with Gasteiger partial charge in [0.1, 0.15) is 12.1 Å². The van der Waals surface area contributed by atoms with Gasteiger partial charge >= 0.3 is 0 Å². The van der Waals surface area contributed by atoms with Crippen LogP contribution in [0.25, 0.3) is 0 Å². The van der Waals surface area contributed by atoms with Gasteiger partial charge in [-0.05, 0) is 105 Å². The van der Waals surface area contributed by atoms with Crippen LogP contribution >= 0.6 is 35.4 Å². The summed E-state index contributed by atoms with van der Waals surface area (Å²) in [6, 6.07) is 1.97. The van der Waals surface area contributed by atoms with E-state index in [1.54, 1.807) is 13.0 Å². The summed E-state index contributed by atoms with van der Waals surface area (Å²) in [4.78, 5) is 62.6. The zero-order valence-electron chi connectivity index (χ0n) is 26.7. The van der Waals surface area contributed by atoms with E-state index in [1.807, 2.05) is 47.6 Å². The van der Waals surface area contributed by atoms with Gasteiger partial charge in [-0.1, -0.05) is 54.2 Å². The zero-order valence-corrected chi connectivity index (χ0v) is 31.1. The van der Waals surface area contributed by atoms with Gasteiger partial charge in [0.15, 0.2) is 5.78 Å². The number of aldehydes is 1. The average Bonchev–Trinajstić information content (AvgIpc) is 2.82. The first-order chi connectivity index (χ1) is 18.8. The van der Waals surface area contributed by atoms with Crippen LogP contribution in [0.4, 0.5) is 0 Å². The second kappa shape index (κ2) is 32.2. The molecule has 2 amide bonds. The number of Topliss-reactive ketones (excluding diaryl/α,β-unsaturated/α-hetero) is 1. The van der Waals surface area contributed by atoms with Gasteiger partial charge in [0.05, 0.1) is 0 Å². The Hall–Kier alpha value is -2.29. The molecule has 0 saturated carbocycles. The molecule has 9 nitrogen and oxygen atoms in total. The van der Waals surface area contributed by atoms with Gasteiger partial charge in [-0.25, -0.2) is 0 Å². The van der Waals surface area contributed by atoms with Crippen LogP contribution in [-0.2, 0) is 24.0 Å². The summed E-state index contributed by atoms with van der Waals surface area (Å²) < 4.78 is 3.58. The van der Waals surface area contributed by atoms with Crippen LogP contribution in [0.1, 0.15) is 85.6 Å². The van der Waals surface area contributed by atoms with Crippen molar-refractivity contribution in [2.45, 2.75) is 89.5 Å². The third kappa shape index (κ3) is 39.9. The van der Waals surface area contributed by atoms with Crippen LogP contribution in [0.2, 0.25) is 0 Å². The number of halogens is 2. The molecule has 1 aliphatic rings. The molecule has 0 saturated heterocycles. The third-order valence-electron chi connectivity index (χ3n) is 4.46. The number of aryl methyl sites for hydroxylation is 2. The Balaban J connectivity index is -0.000000130. The minimum atomic E-state index is -0.245. The molecular weight excluding hydrogens is 752 g/mol. The van der Waals surface area contributed by atoms with E-state index in [1.165, 1.54) is 33.8 Å². The largest absolute Gasteiger partial charge is 0.370 e. The van der Waals surface area contributed by atoms with E-state index >= 15 is 0 Å². The number of allylic oxidation sites excluding steroid dienone is 4. The molecular formula is C30H51I2N3O6. The number of nitrogens with two attached hydrogens (primary N) is 1. The van der Waals surface area contributed by atoms with E-state index in [0.29, 0.717) is 29.1 Å². The molecule has 0 spiro atoms. The van der Waals surface area contributed by atoms with Gasteiger partial charge in [-0.15, -0.1) is 0 Å². The first kappa shape index (κ1) is 48.4. The summed E-state index contributed by atoms with van der Waals surface area (Å²) >= 11 is 2.60. The zero-order chi connectivity index (χ0) is 33.7. The highest BCUT2D eigenvalue weighted by molar-refractivity contribution is 15.0. The molecule has 0 bridgehead atoms. The molecule has 0 aromatic carbocycles. The summed E-state index contributed by atoms with van der Waals surface area (Å²) in [6.45, 7) is 21.2. The van der Waals surface area contributed by atoms with E-state index in [9.17, 15) is 24.0 Å². The van der Waals surface area contributed by atoms with Crippen molar-refractivity contribution in [1.29, 1.82) is 0 Å². The molecule has 236 valence electrons. The molecule has 1 aliphatic heterocycles. The highest BCUT2D eigenvalue weighted by Gasteiger charge is 2.22. The Morgan fingerprint density at radius 1 is 1.07 bits per heavy atom. The van der Waals surface area contributed by atoms with Crippen LogP contribution in [0, 0.1) is 32.6 Å². The van der Waals surface area contributed by atoms with E-state index in [0.717, 1.165) is 28.8 Å². The maximum atomic E-state index is 11.1. The van der Waals surface area contributed by atoms with Gasteiger partial charge in [-0.3, -0.25) is 19.2 Å². The van der Waals surface area contributed by atoms with Crippen LogP contribution in [0.5, 0.6) is 0 Å². The summed E-state index contributed by atoms with van der Waals surface area (Å²) in [7, 11) is 0. The predicted molar refractivity (Wildman–Crippen MR) is 190 cm³/mol. The van der Waals surface area contributed by atoms with Gasteiger partial charge in [0, 0.05) is 29.3 Å². The SMILES string of the molecule is C/C=C/C(C)=O.C=II.CC(C)=O.CC1=CC(C)C(C)C(=O)N1.CC=O.CCC(N)=O.Cc1cc(C)c(C)c(=O)[nH]1. The summed E-state index contributed by atoms with van der Waals surface area (Å²) in [6.07, 6.45) is 6.54. The minimum absolute atomic E-state index is 0.0255. The van der Waals surface area contributed by atoms with Gasteiger partial charge in [-0.2, -0.15) is 0 Å². The van der Waals surface area contributed by atoms with Crippen molar-refractivity contribution in [3.63, 3.8) is 0 Å². The number of primary amides is 1. The van der Waals surface area contributed by atoms with Crippen LogP contribution in [0.15, 0.2) is 34.8 Å². The number of hydrogen-bond acceptors (Lipinski definition) is 6. The number of ketones is 2. The average molecular weight is 804 g/mol. The fraction of sp³-hybridized carbons (Fsp3) is 0.500. The maximum absolute atomic E-state index is 11.1. The van der Waals surface area contributed by atoms with Gasteiger partial charge < -0.3 is 25.6 Å². The lowest BCUT2D eigenvalue weighted by molar-refractivity contribution is -0.125. The first-order valence-corrected chi connectivity index (χ1v) is 20.6. The Bertz CT molecular complexity index is 1040. The summed E-state index contributed by atoms with van der Waals surface area (Å²) in [5, 5.41) is 2.78. The fourth-order valence-corrected chi connectivity index (χ4v) is 2.28. The first-order valence-electron chi connectivity index (χ1n) is 12.8. The number of amides is 2. The number of H-pyrrole nitrogens is 1. The topological polar surface area (TPSA) is 156 Å². The number of nitrogens with one attached hydrogen (secondary N) is 2. The van der Waals surface area contributed by atoms with Crippen molar-refractivity contribution in [2.75, 3.05) is 0 Å². The molecule has 2 heterocycles. The standard InChI is InChI=1S/C8H13NO.C8H11NO.C5H8O.C3H7NO.C3H6O.C2H4O.CH2I2/c2*1-5-4-6(2)9-8(10)7(5)3;1-3-4-5(2)6;1-2-3(4)5;1-3(2)4;1-2-3;1-3-2/h4-5,7H,1-3H3,(H,9,10);4H,1-3H3,(H,9,10);3-4H,1-2H3;2H2,1H3,(H2,4,5);1-2H3;2H,1H3;1H2/b;;4-3+;;;;. The predicted octanol–water partition coefficient (Wildman–Crippen LogP) is 6.17. The van der Waals surface area contributed by atoms with Crippen molar-refractivity contribution >= 4 is 69.6 Å². The number of carbonyl (C=O) groups is 5. The molecule has 11 heteroatoms. The molecule has 0 radical (unpaired) electrons. The lowest BCUT2D eigenvalue weighted by Gasteiger charge is -2.22. The van der Waals surface area contributed by atoms with Crippen molar-refractivity contribution < 1.29 is 24.0 Å². The molecule has 2 rings (SSSR count). The normalized spacial score (nSPS) is 14.2. The number of carbonyl (C=O) groups excluding carboxylic acids is 5. The molecule has 2 unspecified atom stereocenters. The Morgan fingerprint density at radius 2 is 1.46 bits per heavy atom. The minimum Gasteiger partial charge on any atom is -0.370 e. The summed E-state index contributed by atoms with van der Waals surface area (Å²) in [5.74, 6) is 0.687. The Morgan fingerprint density at radius 3 is 1.71 bits per heavy atom. The van der Waals surface area contributed by atoms with Crippen LogP contribution in [0.3, 0.4) is 0 Å². The number of hydrogen-bond donors (Lipinski definition) is 3. The number of rotatable bonds is 2. The molecule has 1 aromatic rings. The second-order valence-electron chi connectivity index (χ2n) is 8.75.